The molecule has 7 nitrogen and oxygen atoms in total. The quantitative estimate of drug-likeness (QED) is 0.586. The van der Waals surface area contributed by atoms with Crippen molar-refractivity contribution in [2.75, 3.05) is 6.54 Å². The highest BCUT2D eigenvalue weighted by Gasteiger charge is 2.26. The van der Waals surface area contributed by atoms with E-state index in [1.807, 2.05) is 36.4 Å². The lowest BCUT2D eigenvalue weighted by Gasteiger charge is -2.27. The van der Waals surface area contributed by atoms with Gasteiger partial charge in [0.25, 0.3) is 11.5 Å². The third-order valence-electron chi connectivity index (χ3n) is 5.07. The van der Waals surface area contributed by atoms with Crippen molar-refractivity contribution in [1.82, 2.24) is 24.5 Å². The second-order valence-corrected chi connectivity index (χ2v) is 6.78. The maximum atomic E-state index is 12.9. The number of nitrogens with one attached hydrogen (secondary N) is 1. The number of hydrogen-bond donors (Lipinski definition) is 1. The Hall–Kier alpha value is -3.74. The SMILES string of the molecule is O=C(c1ccncc1)N1CCc2c(nc3cc(-c4ccccc4)[nH]n3c2=O)C1. The van der Waals surface area contributed by atoms with Crippen LogP contribution in [0.1, 0.15) is 21.6 Å². The van der Waals surface area contributed by atoms with Gasteiger partial charge >= 0.3 is 0 Å². The van der Waals surface area contributed by atoms with Gasteiger partial charge in [0.2, 0.25) is 0 Å². The van der Waals surface area contributed by atoms with E-state index < -0.39 is 0 Å². The van der Waals surface area contributed by atoms with E-state index in [9.17, 15) is 9.59 Å². The van der Waals surface area contributed by atoms with Crippen LogP contribution in [0, 0.1) is 0 Å². The third-order valence-corrected chi connectivity index (χ3v) is 5.07. The molecule has 0 spiro atoms. The lowest BCUT2D eigenvalue weighted by Crippen LogP contribution is -2.39. The molecule has 5 rings (SSSR count). The van der Waals surface area contributed by atoms with Crippen molar-refractivity contribution in [2.45, 2.75) is 13.0 Å². The molecule has 0 unspecified atom stereocenters. The Morgan fingerprint density at radius 1 is 1.07 bits per heavy atom. The van der Waals surface area contributed by atoms with Gasteiger partial charge in [-0.2, -0.15) is 0 Å². The number of benzene rings is 1. The summed E-state index contributed by atoms with van der Waals surface area (Å²) in [5.41, 5.74) is 4.19. The number of H-pyrrole nitrogens is 1. The van der Waals surface area contributed by atoms with Crippen LogP contribution in [0.5, 0.6) is 0 Å². The van der Waals surface area contributed by atoms with Gasteiger partial charge < -0.3 is 4.90 Å². The molecule has 1 aromatic carbocycles. The van der Waals surface area contributed by atoms with Gasteiger partial charge in [-0.3, -0.25) is 19.7 Å². The van der Waals surface area contributed by atoms with Crippen molar-refractivity contribution >= 4 is 11.6 Å². The number of fused-ring (bicyclic) bond motifs is 2. The van der Waals surface area contributed by atoms with Crippen molar-refractivity contribution < 1.29 is 4.79 Å². The molecule has 1 aliphatic heterocycles. The Kier molecular flexibility index (Phi) is 3.79. The fourth-order valence-corrected chi connectivity index (χ4v) is 3.61. The van der Waals surface area contributed by atoms with Gasteiger partial charge in [0.05, 0.1) is 17.9 Å². The first-order chi connectivity index (χ1) is 13.7. The van der Waals surface area contributed by atoms with Crippen molar-refractivity contribution in [2.24, 2.45) is 0 Å². The van der Waals surface area contributed by atoms with Crippen LogP contribution in [-0.4, -0.2) is 36.9 Å². The molecule has 0 saturated heterocycles. The third kappa shape index (κ3) is 2.68. The molecule has 0 fully saturated rings. The van der Waals surface area contributed by atoms with E-state index in [-0.39, 0.29) is 11.5 Å². The standard InChI is InChI=1S/C21H17N5O2/c27-20(15-6-9-22-10-7-15)25-11-8-16-18(13-25)23-19-12-17(24-26(19)21(16)28)14-4-2-1-3-5-14/h1-7,9-10,12,24H,8,11,13H2. The summed E-state index contributed by atoms with van der Waals surface area (Å²) in [5, 5.41) is 3.14. The van der Waals surface area contributed by atoms with Gasteiger partial charge in [0.15, 0.2) is 5.65 Å². The smallest absolute Gasteiger partial charge is 0.276 e. The van der Waals surface area contributed by atoms with Crippen molar-refractivity contribution in [3.05, 3.63) is 88.1 Å². The first-order valence-electron chi connectivity index (χ1n) is 9.09. The van der Waals surface area contributed by atoms with Crippen LogP contribution >= 0.6 is 0 Å². The predicted molar refractivity (Wildman–Crippen MR) is 104 cm³/mol. The molecule has 0 aliphatic carbocycles. The molecule has 0 bridgehead atoms. The summed E-state index contributed by atoms with van der Waals surface area (Å²) in [6, 6.07) is 15.1. The zero-order valence-corrected chi connectivity index (χ0v) is 15.0. The maximum absolute atomic E-state index is 12.9. The van der Waals surface area contributed by atoms with E-state index in [1.165, 1.54) is 4.52 Å². The summed E-state index contributed by atoms with van der Waals surface area (Å²) in [6.45, 7) is 0.817. The fourth-order valence-electron chi connectivity index (χ4n) is 3.61. The molecule has 1 aliphatic rings. The van der Waals surface area contributed by atoms with E-state index >= 15 is 0 Å². The summed E-state index contributed by atoms with van der Waals surface area (Å²) in [4.78, 5) is 36.0. The Morgan fingerprint density at radius 2 is 1.86 bits per heavy atom. The van der Waals surface area contributed by atoms with Gasteiger partial charge in [0.1, 0.15) is 0 Å². The van der Waals surface area contributed by atoms with Gasteiger partial charge in [-0.15, -0.1) is 0 Å². The summed E-state index contributed by atoms with van der Waals surface area (Å²) in [5.74, 6) is -0.0749. The molecule has 1 N–H and O–H groups in total. The van der Waals surface area contributed by atoms with Crippen molar-refractivity contribution in [3.63, 3.8) is 0 Å². The predicted octanol–water partition coefficient (Wildman–Crippen LogP) is 2.28. The van der Waals surface area contributed by atoms with Gasteiger partial charge in [-0.25, -0.2) is 9.50 Å². The Labute approximate surface area is 160 Å². The van der Waals surface area contributed by atoms with Crippen molar-refractivity contribution in [3.8, 4) is 11.3 Å². The molecular formula is C21H17N5O2. The summed E-state index contributed by atoms with van der Waals surface area (Å²) < 4.78 is 1.49. The molecule has 138 valence electrons. The van der Waals surface area contributed by atoms with Crippen molar-refractivity contribution in [1.29, 1.82) is 0 Å². The van der Waals surface area contributed by atoms with E-state index in [4.69, 9.17) is 0 Å². The minimum absolute atomic E-state index is 0.0749. The first-order valence-corrected chi connectivity index (χ1v) is 9.09. The normalized spacial score (nSPS) is 13.5. The summed E-state index contributed by atoms with van der Waals surface area (Å²) >= 11 is 0. The number of aromatic nitrogens is 4. The number of carbonyl (C=O) groups is 1. The topological polar surface area (TPSA) is 83.4 Å². The monoisotopic (exact) mass is 371 g/mol. The van der Waals surface area contributed by atoms with Crippen LogP contribution in [-0.2, 0) is 13.0 Å². The molecular weight excluding hydrogens is 354 g/mol. The second-order valence-electron chi connectivity index (χ2n) is 6.78. The summed E-state index contributed by atoms with van der Waals surface area (Å²) in [7, 11) is 0. The fraction of sp³-hybridized carbons (Fsp3) is 0.143. The van der Waals surface area contributed by atoms with Crippen LogP contribution in [0.4, 0.5) is 0 Å². The Morgan fingerprint density at radius 3 is 2.64 bits per heavy atom. The minimum Gasteiger partial charge on any atom is -0.332 e. The average molecular weight is 371 g/mol. The van der Waals surface area contributed by atoms with Crippen LogP contribution in [0.25, 0.3) is 16.9 Å². The lowest BCUT2D eigenvalue weighted by molar-refractivity contribution is 0.0731. The molecule has 0 radical (unpaired) electrons. The second kappa shape index (κ2) is 6.45. The molecule has 1 amide bonds. The highest BCUT2D eigenvalue weighted by Crippen LogP contribution is 2.21. The van der Waals surface area contributed by atoms with E-state index in [2.05, 4.69) is 15.1 Å². The molecule has 28 heavy (non-hydrogen) atoms. The number of nitrogens with zero attached hydrogens (tertiary/aromatic N) is 4. The Bertz CT molecular complexity index is 1230. The first kappa shape index (κ1) is 16.4. The highest BCUT2D eigenvalue weighted by atomic mass is 16.2. The number of rotatable bonds is 2. The summed E-state index contributed by atoms with van der Waals surface area (Å²) in [6.07, 6.45) is 3.69. The van der Waals surface area contributed by atoms with Crippen LogP contribution in [0.15, 0.2) is 65.7 Å². The number of carbonyl (C=O) groups excluding carboxylic acids is 1. The average Bonchev–Trinajstić information content (AvgIpc) is 3.19. The van der Waals surface area contributed by atoms with Gasteiger partial charge in [0, 0.05) is 36.1 Å². The van der Waals surface area contributed by atoms with Gasteiger partial charge in [-0.1, -0.05) is 30.3 Å². The lowest BCUT2D eigenvalue weighted by atomic mass is 10.1. The number of aromatic amines is 1. The zero-order chi connectivity index (χ0) is 19.1. The van der Waals surface area contributed by atoms with Crippen LogP contribution in [0.3, 0.4) is 0 Å². The zero-order valence-electron chi connectivity index (χ0n) is 15.0. The molecule has 4 aromatic rings. The molecule has 7 heteroatoms. The van der Waals surface area contributed by atoms with Crippen LogP contribution < -0.4 is 5.56 Å². The van der Waals surface area contributed by atoms with Crippen LogP contribution in [0.2, 0.25) is 0 Å². The molecule has 0 saturated carbocycles. The minimum atomic E-state index is -0.0989. The number of pyridine rings is 1. The highest BCUT2D eigenvalue weighted by molar-refractivity contribution is 5.94. The molecule has 4 heterocycles. The maximum Gasteiger partial charge on any atom is 0.276 e. The number of hydrogen-bond acceptors (Lipinski definition) is 4. The largest absolute Gasteiger partial charge is 0.332 e. The van der Waals surface area contributed by atoms with E-state index in [0.717, 1.165) is 11.3 Å². The van der Waals surface area contributed by atoms with E-state index in [1.54, 1.807) is 29.4 Å². The molecule has 3 aromatic heterocycles. The van der Waals surface area contributed by atoms with E-state index in [0.29, 0.717) is 42.0 Å². The number of amides is 1. The van der Waals surface area contributed by atoms with Gasteiger partial charge in [-0.05, 0) is 24.1 Å². The molecule has 0 atom stereocenters. The Balaban J connectivity index is 1.53.